The molecule has 0 aliphatic heterocycles. The highest BCUT2D eigenvalue weighted by atomic mass is 32.1. The zero-order valence-electron chi connectivity index (χ0n) is 11.8. The summed E-state index contributed by atoms with van der Waals surface area (Å²) >= 11 is 5.01. The van der Waals surface area contributed by atoms with Crippen molar-refractivity contribution in [1.29, 1.82) is 0 Å². The molecule has 0 saturated heterocycles. The highest BCUT2D eigenvalue weighted by Gasteiger charge is 2.13. The molecule has 0 amide bonds. The van der Waals surface area contributed by atoms with Crippen LogP contribution in [0.5, 0.6) is 0 Å². The fourth-order valence-corrected chi connectivity index (χ4v) is 1.98. The first kappa shape index (κ1) is 14.4. The van der Waals surface area contributed by atoms with E-state index in [9.17, 15) is 0 Å². The van der Waals surface area contributed by atoms with E-state index in [1.54, 1.807) is 12.3 Å². The van der Waals surface area contributed by atoms with E-state index in [-0.39, 0.29) is 5.41 Å². The maximum atomic E-state index is 5.67. The van der Waals surface area contributed by atoms with Gasteiger partial charge >= 0.3 is 0 Å². The monoisotopic (exact) mass is 286 g/mol. The normalized spacial score (nSPS) is 11.2. The first-order valence-electron chi connectivity index (χ1n) is 6.37. The van der Waals surface area contributed by atoms with Gasteiger partial charge in [0.15, 0.2) is 5.82 Å². The van der Waals surface area contributed by atoms with Crippen molar-refractivity contribution in [2.45, 2.75) is 26.2 Å². The van der Waals surface area contributed by atoms with Gasteiger partial charge in [0.2, 0.25) is 0 Å². The molecule has 0 unspecified atom stereocenters. The molecule has 0 radical (unpaired) electrons. The number of nitrogens with two attached hydrogens (primary N) is 1. The number of benzene rings is 1. The van der Waals surface area contributed by atoms with Crippen LogP contribution in [0.4, 0.5) is 11.5 Å². The summed E-state index contributed by atoms with van der Waals surface area (Å²) in [4.78, 5) is 0.300. The van der Waals surface area contributed by atoms with Gasteiger partial charge in [0.1, 0.15) is 4.99 Å². The molecular weight excluding hydrogens is 268 g/mol. The number of nitrogens with zero attached hydrogens (tertiary/aromatic N) is 2. The van der Waals surface area contributed by atoms with Gasteiger partial charge in [0, 0.05) is 5.69 Å². The quantitative estimate of drug-likeness (QED) is 0.849. The van der Waals surface area contributed by atoms with E-state index >= 15 is 0 Å². The van der Waals surface area contributed by atoms with Crippen LogP contribution < -0.4 is 11.1 Å². The lowest BCUT2D eigenvalue weighted by atomic mass is 9.87. The van der Waals surface area contributed by atoms with Crippen molar-refractivity contribution in [3.63, 3.8) is 0 Å². The molecule has 4 nitrogen and oxygen atoms in total. The maximum absolute atomic E-state index is 5.67. The molecule has 0 fully saturated rings. The van der Waals surface area contributed by atoms with Gasteiger partial charge in [-0.05, 0) is 29.2 Å². The summed E-state index contributed by atoms with van der Waals surface area (Å²) in [6, 6.07) is 9.97. The Hall–Kier alpha value is -2.01. The largest absolute Gasteiger partial charge is 0.389 e. The van der Waals surface area contributed by atoms with E-state index in [0.29, 0.717) is 16.4 Å². The summed E-state index contributed by atoms with van der Waals surface area (Å²) < 4.78 is 0. The Bertz CT molecular complexity index is 615. The van der Waals surface area contributed by atoms with Crippen LogP contribution >= 0.6 is 12.2 Å². The second-order valence-electron chi connectivity index (χ2n) is 5.61. The van der Waals surface area contributed by atoms with Crippen LogP contribution in [0, 0.1) is 0 Å². The van der Waals surface area contributed by atoms with E-state index in [4.69, 9.17) is 18.0 Å². The van der Waals surface area contributed by atoms with Gasteiger partial charge in [-0.15, -0.1) is 5.10 Å². The molecule has 104 valence electrons. The highest BCUT2D eigenvalue weighted by molar-refractivity contribution is 7.80. The molecule has 5 heteroatoms. The first-order chi connectivity index (χ1) is 9.38. The Balaban J connectivity index is 2.25. The second-order valence-corrected chi connectivity index (χ2v) is 6.05. The van der Waals surface area contributed by atoms with Gasteiger partial charge in [0.05, 0.1) is 11.8 Å². The Kier molecular flexibility index (Phi) is 3.99. The third-order valence-electron chi connectivity index (χ3n) is 3.00. The number of hydrogen-bond donors (Lipinski definition) is 2. The van der Waals surface area contributed by atoms with Crippen molar-refractivity contribution < 1.29 is 0 Å². The van der Waals surface area contributed by atoms with Crippen LogP contribution in [0.2, 0.25) is 0 Å². The van der Waals surface area contributed by atoms with Crippen molar-refractivity contribution in [1.82, 2.24) is 10.2 Å². The summed E-state index contributed by atoms with van der Waals surface area (Å²) in [5.74, 6) is 0.573. The Labute approximate surface area is 124 Å². The van der Waals surface area contributed by atoms with Crippen LogP contribution in [0.3, 0.4) is 0 Å². The molecule has 0 spiro atoms. The molecule has 20 heavy (non-hydrogen) atoms. The van der Waals surface area contributed by atoms with Crippen molar-refractivity contribution in [2.24, 2.45) is 5.73 Å². The average molecular weight is 286 g/mol. The minimum atomic E-state index is 0.134. The lowest BCUT2D eigenvalue weighted by Crippen LogP contribution is -2.13. The van der Waals surface area contributed by atoms with Crippen LogP contribution in [0.15, 0.2) is 36.5 Å². The molecule has 0 aliphatic rings. The summed E-state index contributed by atoms with van der Waals surface area (Å²) in [6.45, 7) is 6.55. The van der Waals surface area contributed by atoms with Gasteiger partial charge in [-0.1, -0.05) is 45.1 Å². The number of thiocarbonyl (C=S) groups is 1. The van der Waals surface area contributed by atoms with Crippen LogP contribution in [-0.2, 0) is 5.41 Å². The SMILES string of the molecule is CC(C)(C)c1ccc(Nc2nnccc2C(N)=S)cc1. The van der Waals surface area contributed by atoms with Gasteiger partial charge in [-0.25, -0.2) is 0 Å². The Morgan fingerprint density at radius 3 is 2.35 bits per heavy atom. The number of rotatable bonds is 3. The van der Waals surface area contributed by atoms with Crippen LogP contribution in [0.25, 0.3) is 0 Å². The highest BCUT2D eigenvalue weighted by Crippen LogP contribution is 2.25. The average Bonchev–Trinajstić information content (AvgIpc) is 2.38. The molecule has 1 aromatic heterocycles. The predicted octanol–water partition coefficient (Wildman–Crippen LogP) is 3.15. The zero-order chi connectivity index (χ0) is 14.8. The second kappa shape index (κ2) is 5.54. The molecule has 3 N–H and O–H groups in total. The summed E-state index contributed by atoms with van der Waals surface area (Å²) in [5, 5.41) is 11.1. The Morgan fingerprint density at radius 1 is 1.15 bits per heavy atom. The molecule has 0 atom stereocenters. The summed E-state index contributed by atoms with van der Waals surface area (Å²) in [6.07, 6.45) is 1.57. The topological polar surface area (TPSA) is 63.8 Å². The number of aromatic nitrogens is 2. The standard InChI is InChI=1S/C15H18N4S/c1-15(2,3)10-4-6-11(7-5-10)18-14-12(13(16)20)8-9-17-19-14/h4-9H,1-3H3,(H2,16,20)(H,18,19). The molecular formula is C15H18N4S. The fourth-order valence-electron chi connectivity index (χ4n) is 1.81. The molecule has 0 bridgehead atoms. The van der Waals surface area contributed by atoms with Crippen LogP contribution in [-0.4, -0.2) is 15.2 Å². The molecule has 0 aliphatic carbocycles. The van der Waals surface area contributed by atoms with Crippen LogP contribution in [0.1, 0.15) is 31.9 Å². The van der Waals surface area contributed by atoms with Crippen molar-refractivity contribution in [2.75, 3.05) is 5.32 Å². The van der Waals surface area contributed by atoms with Crippen molar-refractivity contribution in [3.05, 3.63) is 47.7 Å². The van der Waals surface area contributed by atoms with E-state index < -0.39 is 0 Å². The lowest BCUT2D eigenvalue weighted by molar-refractivity contribution is 0.590. The van der Waals surface area contributed by atoms with E-state index in [1.807, 2.05) is 12.1 Å². The lowest BCUT2D eigenvalue weighted by Gasteiger charge is -2.19. The fraction of sp³-hybridized carbons (Fsp3) is 0.267. The number of nitrogens with one attached hydrogen (secondary N) is 1. The summed E-state index contributed by atoms with van der Waals surface area (Å²) in [5.41, 5.74) is 8.70. The Morgan fingerprint density at radius 2 is 1.80 bits per heavy atom. The molecule has 1 aromatic carbocycles. The smallest absolute Gasteiger partial charge is 0.163 e. The third kappa shape index (κ3) is 3.30. The summed E-state index contributed by atoms with van der Waals surface area (Å²) in [7, 11) is 0. The van der Waals surface area contributed by atoms with Gasteiger partial charge in [-0.2, -0.15) is 5.10 Å². The van der Waals surface area contributed by atoms with Crippen molar-refractivity contribution >= 4 is 28.7 Å². The minimum absolute atomic E-state index is 0.134. The van der Waals surface area contributed by atoms with E-state index in [0.717, 1.165) is 5.69 Å². The third-order valence-corrected chi connectivity index (χ3v) is 3.22. The molecule has 2 rings (SSSR count). The molecule has 0 saturated carbocycles. The van der Waals surface area contributed by atoms with Gasteiger partial charge in [-0.3, -0.25) is 0 Å². The number of hydrogen-bond acceptors (Lipinski definition) is 4. The molecule has 2 aromatic rings. The first-order valence-corrected chi connectivity index (χ1v) is 6.78. The van der Waals surface area contributed by atoms with E-state index in [1.165, 1.54) is 5.56 Å². The minimum Gasteiger partial charge on any atom is -0.389 e. The maximum Gasteiger partial charge on any atom is 0.163 e. The molecule has 1 heterocycles. The predicted molar refractivity (Wildman–Crippen MR) is 86.3 cm³/mol. The van der Waals surface area contributed by atoms with E-state index in [2.05, 4.69) is 48.4 Å². The zero-order valence-corrected chi connectivity index (χ0v) is 12.7. The van der Waals surface area contributed by atoms with Crippen molar-refractivity contribution in [3.8, 4) is 0 Å². The number of anilines is 2. The van der Waals surface area contributed by atoms with Gasteiger partial charge < -0.3 is 11.1 Å². The van der Waals surface area contributed by atoms with Gasteiger partial charge in [0.25, 0.3) is 0 Å².